The Balaban J connectivity index is 1.82. The van der Waals surface area contributed by atoms with Crippen LogP contribution in [-0.2, 0) is 6.42 Å². The molecule has 17 heavy (non-hydrogen) atoms. The molecule has 0 aliphatic carbocycles. The Bertz CT molecular complexity index is 468. The summed E-state index contributed by atoms with van der Waals surface area (Å²) in [6.07, 6.45) is 2.79. The number of hydrogen-bond donors (Lipinski definition) is 0. The fraction of sp³-hybridized carbons (Fsp3) is 0.143. The van der Waals surface area contributed by atoms with E-state index >= 15 is 0 Å². The molecule has 0 radical (unpaired) electrons. The fourth-order valence-electron chi connectivity index (χ4n) is 1.45. The first-order valence-electron chi connectivity index (χ1n) is 5.48. The number of aryl methyl sites for hydroxylation is 1. The van der Waals surface area contributed by atoms with E-state index in [1.165, 1.54) is 0 Å². The highest BCUT2D eigenvalue weighted by molar-refractivity contribution is 8.23. The Kier molecular flexibility index (Phi) is 4.71. The van der Waals surface area contributed by atoms with E-state index in [2.05, 4.69) is 17.1 Å². The van der Waals surface area contributed by atoms with Crippen molar-refractivity contribution < 1.29 is 0 Å². The number of pyridine rings is 1. The molecule has 0 bridgehead atoms. The Morgan fingerprint density at radius 1 is 1.06 bits per heavy atom. The summed E-state index contributed by atoms with van der Waals surface area (Å²) in [6, 6.07) is 16.1. The van der Waals surface area contributed by atoms with Crippen molar-refractivity contribution in [1.82, 2.24) is 4.98 Å². The van der Waals surface area contributed by atoms with Crippen molar-refractivity contribution in [2.75, 3.05) is 5.75 Å². The average Bonchev–Trinajstić information content (AvgIpc) is 2.41. The number of hydrogen-bond acceptors (Lipinski definition) is 3. The Labute approximate surface area is 111 Å². The fourth-order valence-corrected chi connectivity index (χ4v) is 2.64. The predicted molar refractivity (Wildman–Crippen MR) is 78.5 cm³/mol. The van der Waals surface area contributed by atoms with Gasteiger partial charge in [0.05, 0.1) is 4.20 Å². The molecule has 0 aliphatic rings. The highest BCUT2D eigenvalue weighted by Gasteiger charge is 2.01. The quantitative estimate of drug-likeness (QED) is 0.776. The van der Waals surface area contributed by atoms with Gasteiger partial charge in [-0.3, -0.25) is 4.98 Å². The minimum absolute atomic E-state index is 0.957. The molecule has 86 valence electrons. The molecule has 1 nitrogen and oxygen atoms in total. The summed E-state index contributed by atoms with van der Waals surface area (Å²) in [5.74, 6) is 0.977. The Hall–Kier alpha value is -1.19. The summed E-state index contributed by atoms with van der Waals surface area (Å²) in [6.45, 7) is 0. The second-order valence-corrected chi connectivity index (χ2v) is 5.34. The van der Waals surface area contributed by atoms with Crippen molar-refractivity contribution in [2.45, 2.75) is 6.42 Å². The van der Waals surface area contributed by atoms with Crippen LogP contribution in [0.5, 0.6) is 0 Å². The van der Waals surface area contributed by atoms with E-state index < -0.39 is 0 Å². The van der Waals surface area contributed by atoms with Gasteiger partial charge in [0.1, 0.15) is 0 Å². The van der Waals surface area contributed by atoms with Gasteiger partial charge in [-0.2, -0.15) is 0 Å². The second kappa shape index (κ2) is 6.52. The van der Waals surface area contributed by atoms with Gasteiger partial charge in [-0.1, -0.05) is 48.6 Å². The van der Waals surface area contributed by atoms with Crippen LogP contribution >= 0.6 is 24.0 Å². The predicted octanol–water partition coefficient (Wildman–Crippen LogP) is 3.73. The third-order valence-corrected chi connectivity index (χ3v) is 3.82. The van der Waals surface area contributed by atoms with Crippen LogP contribution in [0.3, 0.4) is 0 Å². The SMILES string of the molecule is S=C(SCCc1ccccn1)c1ccccc1. The van der Waals surface area contributed by atoms with Gasteiger partial charge in [-0.25, -0.2) is 0 Å². The lowest BCUT2D eigenvalue weighted by atomic mass is 10.2. The van der Waals surface area contributed by atoms with Crippen LogP contribution in [0.4, 0.5) is 0 Å². The van der Waals surface area contributed by atoms with Crippen LogP contribution in [0.2, 0.25) is 0 Å². The molecule has 2 rings (SSSR count). The molecular weight excluding hydrogens is 246 g/mol. The van der Waals surface area contributed by atoms with Crippen LogP contribution in [0.25, 0.3) is 0 Å². The Morgan fingerprint density at radius 3 is 2.53 bits per heavy atom. The summed E-state index contributed by atoms with van der Waals surface area (Å²) >= 11 is 7.09. The van der Waals surface area contributed by atoms with Crippen molar-refractivity contribution in [3.63, 3.8) is 0 Å². The zero-order valence-electron chi connectivity index (χ0n) is 9.37. The van der Waals surface area contributed by atoms with Crippen LogP contribution in [0.15, 0.2) is 54.7 Å². The van der Waals surface area contributed by atoms with Gasteiger partial charge in [0.25, 0.3) is 0 Å². The maximum Gasteiger partial charge on any atom is 0.0778 e. The van der Waals surface area contributed by atoms with Crippen LogP contribution in [0.1, 0.15) is 11.3 Å². The minimum atomic E-state index is 0.957. The molecule has 1 heterocycles. The molecule has 1 aromatic carbocycles. The van der Waals surface area contributed by atoms with Crippen molar-refractivity contribution in [3.05, 3.63) is 66.0 Å². The van der Waals surface area contributed by atoms with Gasteiger partial charge in [0, 0.05) is 17.6 Å². The number of nitrogens with zero attached hydrogens (tertiary/aromatic N) is 1. The van der Waals surface area contributed by atoms with Crippen LogP contribution in [0, 0.1) is 0 Å². The second-order valence-electron chi connectivity index (χ2n) is 3.57. The van der Waals surface area contributed by atoms with Crippen molar-refractivity contribution in [1.29, 1.82) is 0 Å². The van der Waals surface area contributed by atoms with E-state index in [4.69, 9.17) is 12.2 Å². The lowest BCUT2D eigenvalue weighted by Gasteiger charge is -2.03. The molecule has 0 fully saturated rings. The number of thioether (sulfide) groups is 1. The first kappa shape index (κ1) is 12.3. The summed E-state index contributed by atoms with van der Waals surface area (Å²) in [5.41, 5.74) is 2.25. The maximum absolute atomic E-state index is 5.38. The van der Waals surface area contributed by atoms with Crippen molar-refractivity contribution in [2.24, 2.45) is 0 Å². The lowest BCUT2D eigenvalue weighted by Crippen LogP contribution is -1.96. The van der Waals surface area contributed by atoms with E-state index in [0.717, 1.165) is 27.6 Å². The smallest absolute Gasteiger partial charge is 0.0778 e. The first-order valence-corrected chi connectivity index (χ1v) is 6.88. The monoisotopic (exact) mass is 259 g/mol. The third kappa shape index (κ3) is 3.95. The topological polar surface area (TPSA) is 12.9 Å². The van der Waals surface area contributed by atoms with Gasteiger partial charge in [0.2, 0.25) is 0 Å². The molecule has 0 amide bonds. The number of thiocarbonyl (C=S) groups is 1. The largest absolute Gasteiger partial charge is 0.261 e. The molecule has 0 spiro atoms. The van der Waals surface area contributed by atoms with E-state index in [9.17, 15) is 0 Å². The molecular formula is C14H13NS2. The van der Waals surface area contributed by atoms with Gasteiger partial charge in [0.15, 0.2) is 0 Å². The zero-order valence-corrected chi connectivity index (χ0v) is 11.0. The van der Waals surface area contributed by atoms with E-state index in [1.54, 1.807) is 11.8 Å². The summed E-state index contributed by atoms with van der Waals surface area (Å²) in [5, 5.41) is 0. The van der Waals surface area contributed by atoms with E-state index in [0.29, 0.717) is 0 Å². The normalized spacial score (nSPS) is 10.1. The van der Waals surface area contributed by atoms with Gasteiger partial charge < -0.3 is 0 Å². The molecule has 2 aromatic rings. The van der Waals surface area contributed by atoms with Crippen LogP contribution in [-0.4, -0.2) is 14.9 Å². The molecule has 0 atom stereocenters. The molecule has 0 aliphatic heterocycles. The average molecular weight is 259 g/mol. The summed E-state index contributed by atoms with van der Waals surface area (Å²) in [4.78, 5) is 4.29. The molecule has 0 unspecified atom stereocenters. The maximum atomic E-state index is 5.38. The number of aromatic nitrogens is 1. The lowest BCUT2D eigenvalue weighted by molar-refractivity contribution is 1.05. The first-order chi connectivity index (χ1) is 8.36. The van der Waals surface area contributed by atoms with Crippen molar-refractivity contribution in [3.8, 4) is 0 Å². The van der Waals surface area contributed by atoms with Gasteiger partial charge in [-0.05, 0) is 24.1 Å². The minimum Gasteiger partial charge on any atom is -0.261 e. The highest BCUT2D eigenvalue weighted by Crippen LogP contribution is 2.14. The zero-order chi connectivity index (χ0) is 11.9. The molecule has 1 aromatic heterocycles. The molecule has 0 saturated heterocycles. The summed E-state index contributed by atoms with van der Waals surface area (Å²) in [7, 11) is 0. The number of benzene rings is 1. The van der Waals surface area contributed by atoms with Crippen LogP contribution < -0.4 is 0 Å². The van der Waals surface area contributed by atoms with Gasteiger partial charge >= 0.3 is 0 Å². The van der Waals surface area contributed by atoms with E-state index in [1.807, 2.05) is 42.6 Å². The third-order valence-electron chi connectivity index (χ3n) is 2.33. The molecule has 0 saturated carbocycles. The molecule has 0 N–H and O–H groups in total. The Morgan fingerprint density at radius 2 is 1.82 bits per heavy atom. The summed E-state index contributed by atoms with van der Waals surface area (Å²) < 4.78 is 0.960. The molecule has 3 heteroatoms. The number of rotatable bonds is 4. The van der Waals surface area contributed by atoms with E-state index in [-0.39, 0.29) is 0 Å². The van der Waals surface area contributed by atoms with Gasteiger partial charge in [-0.15, -0.1) is 11.8 Å². The van der Waals surface area contributed by atoms with Crippen molar-refractivity contribution >= 4 is 28.2 Å². The highest BCUT2D eigenvalue weighted by atomic mass is 32.2. The standard InChI is InChI=1S/C14H13NS2/c16-14(12-6-2-1-3-7-12)17-11-9-13-8-4-5-10-15-13/h1-8,10H,9,11H2.